The highest BCUT2D eigenvalue weighted by Crippen LogP contribution is 2.21. The molecule has 0 atom stereocenters. The number of H-pyrrole nitrogens is 1. The first-order chi connectivity index (χ1) is 13.8. The van der Waals surface area contributed by atoms with Crippen molar-refractivity contribution in [2.45, 2.75) is 4.90 Å². The highest BCUT2D eigenvalue weighted by Gasteiger charge is 2.17. The average molecular weight is 408 g/mol. The summed E-state index contributed by atoms with van der Waals surface area (Å²) in [5, 5.41) is 2.63. The van der Waals surface area contributed by atoms with Crippen LogP contribution in [0.5, 0.6) is 0 Å². The van der Waals surface area contributed by atoms with E-state index < -0.39 is 15.7 Å². The summed E-state index contributed by atoms with van der Waals surface area (Å²) in [5.41, 5.74) is 8.25. The number of rotatable bonds is 4. The van der Waals surface area contributed by atoms with E-state index in [1.54, 1.807) is 12.1 Å². The molecule has 1 amide bonds. The molecule has 10 heteroatoms. The Balaban J connectivity index is 1.63. The summed E-state index contributed by atoms with van der Waals surface area (Å²) >= 11 is 0. The van der Waals surface area contributed by atoms with Gasteiger partial charge in [0.1, 0.15) is 0 Å². The van der Waals surface area contributed by atoms with Crippen LogP contribution in [0.3, 0.4) is 0 Å². The fraction of sp³-hybridized carbons (Fsp3) is 0.0526. The molecule has 0 saturated carbocycles. The van der Waals surface area contributed by atoms with E-state index in [1.165, 1.54) is 18.3 Å². The second kappa shape index (κ2) is 6.99. The summed E-state index contributed by atoms with van der Waals surface area (Å²) in [6.45, 7) is 0. The second-order valence-corrected chi connectivity index (χ2v) is 8.36. The Hall–Kier alpha value is -3.79. The Bertz CT molecular complexity index is 1300. The van der Waals surface area contributed by atoms with Gasteiger partial charge in [-0.2, -0.15) is 0 Å². The lowest BCUT2D eigenvalue weighted by Gasteiger charge is -2.07. The summed E-state index contributed by atoms with van der Waals surface area (Å²) in [5.74, 6) is -0.334. The number of fused-ring (bicyclic) bond motifs is 1. The van der Waals surface area contributed by atoms with Crippen LogP contribution in [0.2, 0.25) is 0 Å². The molecule has 0 unspecified atom stereocenters. The van der Waals surface area contributed by atoms with Gasteiger partial charge in [-0.1, -0.05) is 24.3 Å². The predicted molar refractivity (Wildman–Crippen MR) is 109 cm³/mol. The van der Waals surface area contributed by atoms with Crippen LogP contribution >= 0.6 is 0 Å². The molecule has 0 radical (unpaired) electrons. The number of carbonyl (C=O) groups excluding carboxylic acids is 1. The first-order valence-corrected chi connectivity index (χ1v) is 10.4. The van der Waals surface area contributed by atoms with Crippen molar-refractivity contribution >= 4 is 38.5 Å². The zero-order chi connectivity index (χ0) is 20.6. The quantitative estimate of drug-likeness (QED) is 0.470. The van der Waals surface area contributed by atoms with E-state index in [0.717, 1.165) is 11.8 Å². The number of nitrogens with one attached hydrogen (secondary N) is 2. The first kappa shape index (κ1) is 18.6. The Morgan fingerprint density at radius 1 is 1.07 bits per heavy atom. The largest absolute Gasteiger partial charge is 0.382 e. The number of para-hydroxylation sites is 2. The second-order valence-electron chi connectivity index (χ2n) is 6.34. The fourth-order valence-electron chi connectivity index (χ4n) is 2.76. The first-order valence-electron chi connectivity index (χ1n) is 8.50. The summed E-state index contributed by atoms with van der Waals surface area (Å²) in [6, 6.07) is 13.5. The summed E-state index contributed by atoms with van der Waals surface area (Å²) in [7, 11) is -3.31. The van der Waals surface area contributed by atoms with Gasteiger partial charge in [0, 0.05) is 11.8 Å². The van der Waals surface area contributed by atoms with Gasteiger partial charge in [0.25, 0.3) is 5.91 Å². The maximum Gasteiger partial charge on any atom is 0.280 e. The molecule has 0 aliphatic heterocycles. The van der Waals surface area contributed by atoms with Gasteiger partial charge in [-0.25, -0.2) is 23.4 Å². The van der Waals surface area contributed by atoms with Crippen LogP contribution in [0.25, 0.3) is 22.3 Å². The van der Waals surface area contributed by atoms with Crippen molar-refractivity contribution in [1.82, 2.24) is 19.9 Å². The third-order valence-corrected chi connectivity index (χ3v) is 5.34. The van der Waals surface area contributed by atoms with Crippen LogP contribution in [0.4, 0.5) is 11.8 Å². The van der Waals surface area contributed by atoms with Crippen molar-refractivity contribution in [2.24, 2.45) is 0 Å². The number of benzene rings is 2. The number of nitrogen functional groups attached to an aromatic ring is 1. The number of hydrogen-bond donors (Lipinski definition) is 3. The van der Waals surface area contributed by atoms with Crippen LogP contribution in [0.1, 0.15) is 10.5 Å². The molecule has 4 rings (SSSR count). The van der Waals surface area contributed by atoms with Crippen molar-refractivity contribution < 1.29 is 13.2 Å². The van der Waals surface area contributed by atoms with Crippen LogP contribution in [-0.2, 0) is 9.84 Å². The lowest BCUT2D eigenvalue weighted by atomic mass is 10.1. The Morgan fingerprint density at radius 3 is 2.48 bits per heavy atom. The van der Waals surface area contributed by atoms with Gasteiger partial charge >= 0.3 is 0 Å². The highest BCUT2D eigenvalue weighted by atomic mass is 32.2. The zero-order valence-corrected chi connectivity index (χ0v) is 16.1. The van der Waals surface area contributed by atoms with Crippen LogP contribution < -0.4 is 11.1 Å². The molecule has 9 nitrogen and oxygen atoms in total. The van der Waals surface area contributed by atoms with E-state index in [1.807, 2.05) is 24.3 Å². The topological polar surface area (TPSA) is 144 Å². The molecule has 0 bridgehead atoms. The number of carbonyl (C=O) groups is 1. The minimum atomic E-state index is -3.31. The Kier molecular flexibility index (Phi) is 4.47. The molecule has 2 aromatic carbocycles. The number of anilines is 2. The SMILES string of the molecule is CS(=O)(=O)c1ccc(-c2cnc(N)c(C(=O)Nc3nc4ccccc4[nH]3)n2)cc1. The van der Waals surface area contributed by atoms with E-state index in [4.69, 9.17) is 5.73 Å². The lowest BCUT2D eigenvalue weighted by molar-refractivity contribution is 0.102. The van der Waals surface area contributed by atoms with E-state index in [2.05, 4.69) is 25.3 Å². The van der Waals surface area contributed by atoms with Crippen molar-refractivity contribution in [3.63, 3.8) is 0 Å². The van der Waals surface area contributed by atoms with Gasteiger partial charge in [0.15, 0.2) is 21.3 Å². The molecule has 4 N–H and O–H groups in total. The molecule has 0 aliphatic rings. The van der Waals surface area contributed by atoms with Crippen molar-refractivity contribution in [1.29, 1.82) is 0 Å². The van der Waals surface area contributed by atoms with Crippen LogP contribution in [-0.4, -0.2) is 40.5 Å². The highest BCUT2D eigenvalue weighted by molar-refractivity contribution is 7.90. The van der Waals surface area contributed by atoms with Gasteiger partial charge < -0.3 is 10.7 Å². The maximum atomic E-state index is 12.6. The Morgan fingerprint density at radius 2 is 1.79 bits per heavy atom. The van der Waals surface area contributed by atoms with E-state index in [0.29, 0.717) is 16.8 Å². The number of hydrogen-bond acceptors (Lipinski definition) is 7. The Labute approximate surface area is 166 Å². The molecule has 146 valence electrons. The number of sulfone groups is 1. The normalized spacial score (nSPS) is 11.5. The van der Waals surface area contributed by atoms with Gasteiger partial charge in [-0.05, 0) is 24.3 Å². The summed E-state index contributed by atoms with van der Waals surface area (Å²) in [4.78, 5) is 28.4. The average Bonchev–Trinajstić information content (AvgIpc) is 3.10. The van der Waals surface area contributed by atoms with Crippen LogP contribution in [0, 0.1) is 0 Å². The number of aromatic amines is 1. The number of aromatic nitrogens is 4. The number of imidazole rings is 1. The predicted octanol–water partition coefficient (Wildman–Crippen LogP) is 2.26. The van der Waals surface area contributed by atoms with Gasteiger partial charge in [0.05, 0.1) is 27.8 Å². The molecule has 4 aromatic rings. The third kappa shape index (κ3) is 3.78. The molecule has 0 fully saturated rings. The molecular formula is C19H16N6O3S. The molecule has 0 aliphatic carbocycles. The molecule has 0 saturated heterocycles. The molecule has 2 aromatic heterocycles. The number of nitrogens with zero attached hydrogens (tertiary/aromatic N) is 3. The van der Waals surface area contributed by atoms with E-state index in [9.17, 15) is 13.2 Å². The smallest absolute Gasteiger partial charge is 0.280 e. The van der Waals surface area contributed by atoms with E-state index in [-0.39, 0.29) is 22.4 Å². The fourth-order valence-corrected chi connectivity index (χ4v) is 3.39. The maximum absolute atomic E-state index is 12.6. The minimum Gasteiger partial charge on any atom is -0.382 e. The zero-order valence-electron chi connectivity index (χ0n) is 15.2. The van der Waals surface area contributed by atoms with Crippen LogP contribution in [0.15, 0.2) is 59.6 Å². The summed E-state index contributed by atoms with van der Waals surface area (Å²) < 4.78 is 23.2. The third-order valence-electron chi connectivity index (χ3n) is 4.22. The standard InChI is InChI=1S/C19H16N6O3S/c1-29(27,28)12-8-6-11(7-9-12)15-10-21-17(20)16(22-15)18(26)25-19-23-13-4-2-3-5-14(13)24-19/h2-10H,1H3,(H2,20,21)(H2,23,24,25,26). The number of nitrogens with two attached hydrogens (primary N) is 1. The van der Waals surface area contributed by atoms with E-state index >= 15 is 0 Å². The molecule has 29 heavy (non-hydrogen) atoms. The molecule has 0 spiro atoms. The van der Waals surface area contributed by atoms with Crippen molar-refractivity contribution in [3.8, 4) is 11.3 Å². The van der Waals surface area contributed by atoms with Gasteiger partial charge in [-0.15, -0.1) is 0 Å². The molecule has 2 heterocycles. The van der Waals surface area contributed by atoms with Crippen molar-refractivity contribution in [3.05, 3.63) is 60.4 Å². The minimum absolute atomic E-state index is 0.0323. The van der Waals surface area contributed by atoms with Crippen molar-refractivity contribution in [2.75, 3.05) is 17.3 Å². The van der Waals surface area contributed by atoms with Gasteiger partial charge in [0.2, 0.25) is 5.95 Å². The van der Waals surface area contributed by atoms with Gasteiger partial charge in [-0.3, -0.25) is 10.1 Å². The molecular weight excluding hydrogens is 392 g/mol. The number of amides is 1. The monoisotopic (exact) mass is 408 g/mol. The lowest BCUT2D eigenvalue weighted by Crippen LogP contribution is -2.18. The summed E-state index contributed by atoms with van der Waals surface area (Å²) in [6.07, 6.45) is 2.55.